The van der Waals surface area contributed by atoms with E-state index in [0.29, 0.717) is 12.8 Å². The Morgan fingerprint density at radius 3 is 2.27 bits per heavy atom. The van der Waals surface area contributed by atoms with Crippen LogP contribution in [0, 0.1) is 5.92 Å². The van der Waals surface area contributed by atoms with Crippen LogP contribution in [0.25, 0.3) is 0 Å². The molecule has 0 heterocycles. The number of carbonyl (C=O) groups excluding carboxylic acids is 2. The second-order valence-corrected chi connectivity index (χ2v) is 7.85. The van der Waals surface area contributed by atoms with Crippen molar-refractivity contribution in [3.05, 3.63) is 35.9 Å². The van der Waals surface area contributed by atoms with Crippen molar-refractivity contribution in [1.29, 1.82) is 0 Å². The highest BCUT2D eigenvalue weighted by molar-refractivity contribution is 5.92. The molecule has 0 radical (unpaired) electrons. The largest absolute Gasteiger partial charge is 0.444 e. The summed E-state index contributed by atoms with van der Waals surface area (Å²) in [6.07, 6.45) is 0.396. The first-order valence-corrected chi connectivity index (χ1v) is 9.04. The quantitative estimate of drug-likeness (QED) is 0.654. The Balaban J connectivity index is 3.00. The first kappa shape index (κ1) is 22.1. The predicted molar refractivity (Wildman–Crippen MR) is 102 cm³/mol. The molecule has 3 N–H and O–H groups in total. The molecule has 0 fully saturated rings. The fourth-order valence-electron chi connectivity index (χ4n) is 2.75. The van der Waals surface area contributed by atoms with Crippen LogP contribution >= 0.6 is 0 Å². The zero-order valence-electron chi connectivity index (χ0n) is 16.5. The molecule has 6 heteroatoms. The third kappa shape index (κ3) is 7.97. The van der Waals surface area contributed by atoms with E-state index in [0.717, 1.165) is 5.56 Å². The molecule has 1 unspecified atom stereocenters. The number of rotatable bonds is 9. The topological polar surface area (TPSA) is 90.6 Å². The molecule has 1 aromatic rings. The van der Waals surface area contributed by atoms with E-state index in [2.05, 4.69) is 10.2 Å². The van der Waals surface area contributed by atoms with Gasteiger partial charge >= 0.3 is 6.09 Å². The first-order valence-electron chi connectivity index (χ1n) is 9.04. The van der Waals surface area contributed by atoms with Crippen LogP contribution in [0.15, 0.2) is 30.3 Å². The molecule has 1 rings (SSSR count). The summed E-state index contributed by atoms with van der Waals surface area (Å²) in [5.74, 6) is 4.93. The molecule has 0 aromatic heterocycles. The molecule has 1 aromatic carbocycles. The smallest absolute Gasteiger partial charge is 0.408 e. The second kappa shape index (κ2) is 10.3. The summed E-state index contributed by atoms with van der Waals surface area (Å²) in [6.45, 7) is 9.65. The van der Waals surface area contributed by atoms with E-state index in [1.807, 2.05) is 44.2 Å². The Hall–Kier alpha value is -1.92. The molecular weight excluding hydrogens is 332 g/mol. The van der Waals surface area contributed by atoms with Gasteiger partial charge in [0.25, 0.3) is 0 Å². The van der Waals surface area contributed by atoms with E-state index in [1.165, 1.54) is 0 Å². The minimum Gasteiger partial charge on any atom is -0.444 e. The summed E-state index contributed by atoms with van der Waals surface area (Å²) in [7, 11) is 0. The van der Waals surface area contributed by atoms with E-state index in [1.54, 1.807) is 20.8 Å². The van der Waals surface area contributed by atoms with Gasteiger partial charge < -0.3 is 14.9 Å². The molecule has 0 saturated heterocycles. The molecule has 26 heavy (non-hydrogen) atoms. The van der Waals surface area contributed by atoms with Gasteiger partial charge in [0, 0.05) is 5.92 Å². The average molecular weight is 364 g/mol. The highest BCUT2D eigenvalue weighted by atomic mass is 16.6. The van der Waals surface area contributed by atoms with Gasteiger partial charge in [-0.1, -0.05) is 44.2 Å². The number of benzene rings is 1. The van der Waals surface area contributed by atoms with Gasteiger partial charge in [-0.05, 0) is 45.1 Å². The number of Topliss-reactive ketones (excluding diaryl/α,β-unsaturated/α-hetero) is 1. The molecule has 6 nitrogen and oxygen atoms in total. The van der Waals surface area contributed by atoms with Crippen LogP contribution in [0.1, 0.15) is 58.9 Å². The summed E-state index contributed by atoms with van der Waals surface area (Å²) in [4.78, 5) is 30.1. The number of hydrogen-bond acceptors (Lipinski definition) is 5. The predicted octanol–water partition coefficient (Wildman–Crippen LogP) is 3.56. The average Bonchev–Trinajstić information content (AvgIpc) is 2.53. The van der Waals surface area contributed by atoms with Crippen LogP contribution in [0.3, 0.4) is 0 Å². The summed E-state index contributed by atoms with van der Waals surface area (Å²) < 4.78 is 5.32. The lowest BCUT2D eigenvalue weighted by Crippen LogP contribution is -2.46. The molecular formula is C20H32N2O4. The zero-order valence-corrected chi connectivity index (χ0v) is 16.5. The Morgan fingerprint density at radius 2 is 1.77 bits per heavy atom. The van der Waals surface area contributed by atoms with E-state index in [4.69, 9.17) is 10.6 Å². The summed E-state index contributed by atoms with van der Waals surface area (Å²) in [5.41, 5.74) is 0.260. The first-order chi connectivity index (χ1) is 12.1. The maximum absolute atomic E-state index is 13.2. The van der Waals surface area contributed by atoms with Gasteiger partial charge in [0.2, 0.25) is 0 Å². The highest BCUT2D eigenvalue weighted by Crippen LogP contribution is 2.24. The number of ether oxygens (including phenoxy) is 1. The molecule has 0 aliphatic rings. The van der Waals surface area contributed by atoms with Crippen LogP contribution in [0.5, 0.6) is 0 Å². The maximum atomic E-state index is 13.2. The maximum Gasteiger partial charge on any atom is 0.408 e. The third-order valence-electron chi connectivity index (χ3n) is 3.81. The van der Waals surface area contributed by atoms with Gasteiger partial charge in [0.1, 0.15) is 5.60 Å². The number of amides is 1. The van der Waals surface area contributed by atoms with Crippen molar-refractivity contribution in [3.63, 3.8) is 0 Å². The number of nitrogens with two attached hydrogens (primary N) is 1. The van der Waals surface area contributed by atoms with Gasteiger partial charge in [0.15, 0.2) is 5.78 Å². The molecule has 0 saturated carbocycles. The van der Waals surface area contributed by atoms with Crippen molar-refractivity contribution < 1.29 is 19.2 Å². The number of ketones is 1. The number of hydrogen-bond donors (Lipinski definition) is 2. The van der Waals surface area contributed by atoms with Gasteiger partial charge in [-0.15, -0.1) is 0 Å². The van der Waals surface area contributed by atoms with Crippen LogP contribution in [-0.2, 0) is 14.4 Å². The Bertz CT molecular complexity index is 567. The molecule has 146 valence electrons. The van der Waals surface area contributed by atoms with Gasteiger partial charge in [-0.3, -0.25) is 4.79 Å². The minimum absolute atomic E-state index is 0.0622. The normalized spacial score (nSPS) is 14.0. The molecule has 1 amide bonds. The van der Waals surface area contributed by atoms with Crippen LogP contribution in [-0.4, -0.2) is 30.1 Å². The van der Waals surface area contributed by atoms with Crippen LogP contribution in [0.2, 0.25) is 0 Å². The molecule has 0 aliphatic carbocycles. The van der Waals surface area contributed by atoms with E-state index < -0.39 is 23.7 Å². The van der Waals surface area contributed by atoms with Crippen LogP contribution in [0.4, 0.5) is 4.79 Å². The van der Waals surface area contributed by atoms with E-state index in [9.17, 15) is 9.59 Å². The Labute approximate surface area is 156 Å². The SMILES string of the molecule is CC(C)C[C@@H](NC(=O)OC(C)(C)C)C(=O)C(CCON)c1ccccc1. The Morgan fingerprint density at radius 1 is 1.15 bits per heavy atom. The fourth-order valence-corrected chi connectivity index (χ4v) is 2.75. The Kier molecular flexibility index (Phi) is 8.75. The molecule has 0 aliphatic heterocycles. The number of alkyl carbamates (subject to hydrolysis) is 1. The van der Waals surface area contributed by atoms with E-state index in [-0.39, 0.29) is 18.3 Å². The lowest BCUT2D eigenvalue weighted by atomic mass is 9.85. The minimum atomic E-state index is -0.632. The van der Waals surface area contributed by atoms with E-state index >= 15 is 0 Å². The van der Waals surface area contributed by atoms with Crippen molar-refractivity contribution in [1.82, 2.24) is 5.32 Å². The molecule has 0 bridgehead atoms. The van der Waals surface area contributed by atoms with Crippen molar-refractivity contribution in [2.24, 2.45) is 11.8 Å². The van der Waals surface area contributed by atoms with Crippen molar-refractivity contribution in [2.45, 2.75) is 65.0 Å². The van der Waals surface area contributed by atoms with Gasteiger partial charge in [0.05, 0.1) is 12.6 Å². The second-order valence-electron chi connectivity index (χ2n) is 7.85. The highest BCUT2D eigenvalue weighted by Gasteiger charge is 2.31. The lowest BCUT2D eigenvalue weighted by molar-refractivity contribution is -0.123. The molecule has 0 spiro atoms. The number of nitrogens with one attached hydrogen (secondary N) is 1. The molecule has 2 atom stereocenters. The summed E-state index contributed by atoms with van der Waals surface area (Å²) in [6, 6.07) is 8.84. The van der Waals surface area contributed by atoms with Gasteiger partial charge in [-0.25, -0.2) is 10.7 Å². The van der Waals surface area contributed by atoms with Crippen LogP contribution < -0.4 is 11.2 Å². The monoisotopic (exact) mass is 364 g/mol. The number of carbonyl (C=O) groups is 2. The summed E-state index contributed by atoms with van der Waals surface area (Å²) >= 11 is 0. The van der Waals surface area contributed by atoms with Crippen molar-refractivity contribution in [3.8, 4) is 0 Å². The zero-order chi connectivity index (χ0) is 19.7. The van der Waals surface area contributed by atoms with Crippen molar-refractivity contribution in [2.75, 3.05) is 6.61 Å². The lowest BCUT2D eigenvalue weighted by Gasteiger charge is -2.27. The van der Waals surface area contributed by atoms with Crippen molar-refractivity contribution >= 4 is 11.9 Å². The fraction of sp³-hybridized carbons (Fsp3) is 0.600. The summed E-state index contributed by atoms with van der Waals surface area (Å²) in [5, 5.41) is 2.75. The standard InChI is InChI=1S/C20H32N2O4/c1-14(2)13-17(22-19(24)26-20(3,4)5)18(23)16(11-12-25-21)15-9-7-6-8-10-15/h6-10,14,16-17H,11-13,21H2,1-5H3,(H,22,24)/t16?,17-/m1/s1. The van der Waals surface area contributed by atoms with Gasteiger partial charge in [-0.2, -0.15) is 0 Å². The third-order valence-corrected chi connectivity index (χ3v) is 3.81.